The van der Waals surface area contributed by atoms with Crippen LogP contribution in [0.4, 0.5) is 15.8 Å². The van der Waals surface area contributed by atoms with Crippen molar-refractivity contribution in [2.45, 2.75) is 0 Å². The number of carboxylic acid groups (broad SMARTS) is 1. The molecule has 0 aromatic heterocycles. The molecule has 0 aliphatic carbocycles. The van der Waals surface area contributed by atoms with Crippen LogP contribution in [0.15, 0.2) is 53.5 Å². The van der Waals surface area contributed by atoms with Crippen LogP contribution in [0.3, 0.4) is 0 Å². The van der Waals surface area contributed by atoms with Crippen LogP contribution in [-0.2, 0) is 4.79 Å². The lowest BCUT2D eigenvalue weighted by molar-refractivity contribution is 0.0698. The number of hydrogen-bond donors (Lipinski definition) is 2. The van der Waals surface area contributed by atoms with Crippen molar-refractivity contribution >= 4 is 23.4 Å². The summed E-state index contributed by atoms with van der Waals surface area (Å²) in [5.41, 5.74) is 5.71. The molecular formula is C14H11FN2O3. The first kappa shape index (κ1) is 15.1. The number of isocyanates is 1. The van der Waals surface area contributed by atoms with Crippen LogP contribution in [0, 0.1) is 5.82 Å². The number of aliphatic imine (C=N–C) groups is 1. The highest BCUT2D eigenvalue weighted by Crippen LogP contribution is 2.12. The van der Waals surface area contributed by atoms with Crippen molar-refractivity contribution in [3.63, 3.8) is 0 Å². The van der Waals surface area contributed by atoms with Gasteiger partial charge in [-0.3, -0.25) is 0 Å². The van der Waals surface area contributed by atoms with E-state index >= 15 is 0 Å². The fourth-order valence-corrected chi connectivity index (χ4v) is 1.28. The van der Waals surface area contributed by atoms with Crippen LogP contribution in [-0.4, -0.2) is 17.2 Å². The number of carboxylic acids is 1. The molecular weight excluding hydrogens is 263 g/mol. The lowest BCUT2D eigenvalue weighted by atomic mass is 10.2. The number of halogens is 1. The predicted molar refractivity (Wildman–Crippen MR) is 72.0 cm³/mol. The van der Waals surface area contributed by atoms with Gasteiger partial charge in [0.25, 0.3) is 0 Å². The number of carbonyl (C=O) groups excluding carboxylic acids is 1. The molecule has 5 nitrogen and oxygen atoms in total. The van der Waals surface area contributed by atoms with Crippen molar-refractivity contribution in [1.29, 1.82) is 0 Å². The van der Waals surface area contributed by atoms with Gasteiger partial charge in [0, 0.05) is 5.69 Å². The topological polar surface area (TPSA) is 92.8 Å². The van der Waals surface area contributed by atoms with Crippen LogP contribution in [0.1, 0.15) is 10.4 Å². The van der Waals surface area contributed by atoms with E-state index in [1.54, 1.807) is 12.1 Å². The third kappa shape index (κ3) is 4.72. The predicted octanol–water partition coefficient (Wildman–Crippen LogP) is 2.76. The lowest BCUT2D eigenvalue weighted by Crippen LogP contribution is -2.02. The quantitative estimate of drug-likeness (QED) is 0.500. The molecule has 0 aliphatic heterocycles. The number of anilines is 1. The van der Waals surface area contributed by atoms with Crippen LogP contribution >= 0.6 is 0 Å². The number of nitrogens with two attached hydrogens (primary N) is 1. The Kier molecular flexibility index (Phi) is 5.62. The Hall–Kier alpha value is -2.98. The minimum Gasteiger partial charge on any atom is -0.478 e. The number of benzene rings is 2. The Morgan fingerprint density at radius 3 is 2.35 bits per heavy atom. The average molecular weight is 274 g/mol. The molecule has 102 valence electrons. The number of carbonyl (C=O) groups is 1. The maximum atomic E-state index is 12.3. The summed E-state index contributed by atoms with van der Waals surface area (Å²) in [6.07, 6.45) is 1.46. The van der Waals surface area contributed by atoms with Crippen LogP contribution in [0.2, 0.25) is 0 Å². The normalized spacial score (nSPS) is 8.85. The van der Waals surface area contributed by atoms with E-state index in [1.165, 1.54) is 6.08 Å². The van der Waals surface area contributed by atoms with Gasteiger partial charge in [0.15, 0.2) is 0 Å². The van der Waals surface area contributed by atoms with Crippen molar-refractivity contribution < 1.29 is 19.1 Å². The Bertz CT molecular complexity index is 638. The molecule has 0 radical (unpaired) electrons. The highest BCUT2D eigenvalue weighted by Gasteiger charge is 2.06. The average Bonchev–Trinajstić information content (AvgIpc) is 2.40. The minimum atomic E-state index is -1.15. The van der Waals surface area contributed by atoms with E-state index in [-0.39, 0.29) is 11.3 Å². The third-order valence-electron chi connectivity index (χ3n) is 2.17. The van der Waals surface area contributed by atoms with Gasteiger partial charge in [0.05, 0.1) is 11.3 Å². The van der Waals surface area contributed by atoms with Crippen LogP contribution in [0.25, 0.3) is 0 Å². The summed E-state index contributed by atoms with van der Waals surface area (Å²) in [5.74, 6) is -1.69. The fraction of sp³-hybridized carbons (Fsp3) is 0. The molecule has 0 amide bonds. The Labute approximate surface area is 114 Å². The van der Waals surface area contributed by atoms with Crippen molar-refractivity contribution in [1.82, 2.24) is 0 Å². The van der Waals surface area contributed by atoms with Gasteiger partial charge >= 0.3 is 5.97 Å². The molecule has 0 aliphatic rings. The molecule has 6 heteroatoms. The van der Waals surface area contributed by atoms with Gasteiger partial charge in [0.2, 0.25) is 6.08 Å². The fourth-order valence-electron chi connectivity index (χ4n) is 1.28. The van der Waals surface area contributed by atoms with Crippen LogP contribution in [0.5, 0.6) is 0 Å². The molecule has 2 aromatic rings. The SMILES string of the molecule is Nc1cc(F)ccc1C(=O)O.O=C=Nc1ccccc1. The largest absolute Gasteiger partial charge is 0.478 e. The van der Waals surface area contributed by atoms with Gasteiger partial charge in [-0.1, -0.05) is 18.2 Å². The highest BCUT2D eigenvalue weighted by molar-refractivity contribution is 5.93. The van der Waals surface area contributed by atoms with E-state index < -0.39 is 11.8 Å². The zero-order valence-electron chi connectivity index (χ0n) is 10.3. The first-order valence-corrected chi connectivity index (χ1v) is 5.46. The summed E-state index contributed by atoms with van der Waals surface area (Å²) in [6, 6.07) is 12.1. The molecule has 0 bridgehead atoms. The molecule has 0 unspecified atom stereocenters. The summed E-state index contributed by atoms with van der Waals surface area (Å²) in [6.45, 7) is 0. The van der Waals surface area contributed by atoms with E-state index in [4.69, 9.17) is 10.8 Å². The zero-order valence-corrected chi connectivity index (χ0v) is 10.3. The van der Waals surface area contributed by atoms with Gasteiger partial charge in [0.1, 0.15) is 5.82 Å². The molecule has 2 rings (SSSR count). The number of para-hydroxylation sites is 1. The maximum absolute atomic E-state index is 12.3. The molecule has 0 atom stereocenters. The number of rotatable bonds is 2. The maximum Gasteiger partial charge on any atom is 0.337 e. The molecule has 20 heavy (non-hydrogen) atoms. The van der Waals surface area contributed by atoms with Gasteiger partial charge in [-0.15, -0.1) is 0 Å². The summed E-state index contributed by atoms with van der Waals surface area (Å²) < 4.78 is 12.3. The molecule has 0 saturated heterocycles. The van der Waals surface area contributed by atoms with E-state index in [2.05, 4.69) is 4.99 Å². The third-order valence-corrected chi connectivity index (χ3v) is 2.17. The smallest absolute Gasteiger partial charge is 0.337 e. The van der Waals surface area contributed by atoms with E-state index in [9.17, 15) is 14.0 Å². The van der Waals surface area contributed by atoms with Gasteiger partial charge < -0.3 is 10.8 Å². The van der Waals surface area contributed by atoms with Gasteiger partial charge in [-0.05, 0) is 30.3 Å². The highest BCUT2D eigenvalue weighted by atomic mass is 19.1. The second kappa shape index (κ2) is 7.45. The molecule has 0 heterocycles. The van der Waals surface area contributed by atoms with E-state index in [0.717, 1.165) is 18.2 Å². The van der Waals surface area contributed by atoms with Crippen molar-refractivity contribution in [2.75, 3.05) is 5.73 Å². The Morgan fingerprint density at radius 2 is 1.85 bits per heavy atom. The van der Waals surface area contributed by atoms with Crippen molar-refractivity contribution in [3.05, 3.63) is 59.9 Å². The van der Waals surface area contributed by atoms with E-state index in [1.807, 2.05) is 18.2 Å². The van der Waals surface area contributed by atoms with E-state index in [0.29, 0.717) is 5.69 Å². The van der Waals surface area contributed by atoms with Gasteiger partial charge in [-0.25, -0.2) is 14.0 Å². The second-order valence-corrected chi connectivity index (χ2v) is 3.58. The van der Waals surface area contributed by atoms with Crippen molar-refractivity contribution in [2.24, 2.45) is 4.99 Å². The molecule has 2 aromatic carbocycles. The Morgan fingerprint density at radius 1 is 1.20 bits per heavy atom. The summed E-state index contributed by atoms with van der Waals surface area (Å²) in [5, 5.41) is 8.45. The Balaban J connectivity index is 0.000000204. The summed E-state index contributed by atoms with van der Waals surface area (Å²) in [4.78, 5) is 23.4. The monoisotopic (exact) mass is 274 g/mol. The zero-order chi connectivity index (χ0) is 15.0. The number of nitrogen functional groups attached to an aromatic ring is 1. The number of aromatic carboxylic acids is 1. The minimum absolute atomic E-state index is 0.0579. The van der Waals surface area contributed by atoms with Gasteiger partial charge in [-0.2, -0.15) is 4.99 Å². The number of nitrogens with zero attached hydrogens (tertiary/aromatic N) is 1. The molecule has 0 spiro atoms. The first-order chi connectivity index (χ1) is 9.54. The molecule has 0 fully saturated rings. The molecule has 0 saturated carbocycles. The van der Waals surface area contributed by atoms with Crippen molar-refractivity contribution in [3.8, 4) is 0 Å². The standard InChI is InChI=1S/C7H6FNO2.C7H5NO/c8-4-1-2-5(7(10)11)6(9)3-4;9-6-8-7-4-2-1-3-5-7/h1-3H,9H2,(H,10,11);1-5H. The first-order valence-electron chi connectivity index (χ1n) is 5.46. The second-order valence-electron chi connectivity index (χ2n) is 3.58. The lowest BCUT2D eigenvalue weighted by Gasteiger charge is -1.98. The molecule has 3 N–H and O–H groups in total. The summed E-state index contributed by atoms with van der Waals surface area (Å²) in [7, 11) is 0. The number of hydrogen-bond acceptors (Lipinski definition) is 4. The van der Waals surface area contributed by atoms with Crippen LogP contribution < -0.4 is 5.73 Å². The summed E-state index contributed by atoms with van der Waals surface area (Å²) >= 11 is 0.